The van der Waals surface area contributed by atoms with Crippen molar-refractivity contribution in [1.29, 1.82) is 0 Å². The lowest BCUT2D eigenvalue weighted by Crippen LogP contribution is -1.94. The monoisotopic (exact) mass is 192 g/mol. The zero-order valence-electron chi connectivity index (χ0n) is 9.29. The van der Waals surface area contributed by atoms with E-state index in [0.717, 1.165) is 17.8 Å². The molecule has 1 rings (SSSR count). The topological polar surface area (TPSA) is 25.8 Å². The fourth-order valence-electron chi connectivity index (χ4n) is 1.47. The summed E-state index contributed by atoms with van der Waals surface area (Å²) in [6, 6.07) is 4.12. The van der Waals surface area contributed by atoms with Crippen LogP contribution in [0.1, 0.15) is 50.4 Å². The molecule has 0 fully saturated rings. The van der Waals surface area contributed by atoms with E-state index in [-0.39, 0.29) is 0 Å². The summed E-state index contributed by atoms with van der Waals surface area (Å²) >= 11 is 0. The van der Waals surface area contributed by atoms with Gasteiger partial charge in [-0.25, -0.2) is 0 Å². The maximum absolute atomic E-state index is 4.15. The van der Waals surface area contributed by atoms with Crippen molar-refractivity contribution in [3.8, 4) is 0 Å². The zero-order valence-corrected chi connectivity index (χ0v) is 9.29. The van der Waals surface area contributed by atoms with E-state index in [4.69, 9.17) is 0 Å². The Labute approximate surface area is 86.8 Å². The van der Waals surface area contributed by atoms with E-state index in [2.05, 4.69) is 23.2 Å². The second-order valence-corrected chi connectivity index (χ2v) is 3.83. The van der Waals surface area contributed by atoms with Crippen LogP contribution >= 0.6 is 0 Å². The molecule has 0 aliphatic heterocycles. The molecule has 0 spiro atoms. The molecule has 0 bridgehead atoms. The standard InChI is InChI=1S/C12H20N2/c1-3-4-5-6-7-8-12-10-9-11(2)13-14-12/h9-10H,3-8H2,1-2H3. The Bertz CT molecular complexity index is 241. The van der Waals surface area contributed by atoms with Crippen molar-refractivity contribution >= 4 is 0 Å². The van der Waals surface area contributed by atoms with Gasteiger partial charge in [-0.05, 0) is 31.9 Å². The molecule has 0 amide bonds. The van der Waals surface area contributed by atoms with Gasteiger partial charge in [-0.2, -0.15) is 10.2 Å². The number of unbranched alkanes of at least 4 members (excludes halogenated alkanes) is 4. The van der Waals surface area contributed by atoms with Crippen LogP contribution in [0.4, 0.5) is 0 Å². The largest absolute Gasteiger partial charge is 0.156 e. The SMILES string of the molecule is CCCCCCCc1ccc(C)nn1. The highest BCUT2D eigenvalue weighted by Gasteiger charge is 1.95. The van der Waals surface area contributed by atoms with Crippen LogP contribution < -0.4 is 0 Å². The van der Waals surface area contributed by atoms with E-state index >= 15 is 0 Å². The first-order valence-electron chi connectivity index (χ1n) is 5.62. The van der Waals surface area contributed by atoms with Crippen LogP contribution in [0, 0.1) is 6.92 Å². The molecule has 0 aliphatic rings. The number of rotatable bonds is 6. The van der Waals surface area contributed by atoms with Crippen molar-refractivity contribution < 1.29 is 0 Å². The minimum Gasteiger partial charge on any atom is -0.156 e. The van der Waals surface area contributed by atoms with Crippen molar-refractivity contribution in [2.24, 2.45) is 0 Å². The van der Waals surface area contributed by atoms with Gasteiger partial charge in [-0.15, -0.1) is 0 Å². The maximum Gasteiger partial charge on any atom is 0.0631 e. The highest BCUT2D eigenvalue weighted by atomic mass is 15.1. The molecule has 0 atom stereocenters. The van der Waals surface area contributed by atoms with Gasteiger partial charge in [0, 0.05) is 0 Å². The van der Waals surface area contributed by atoms with E-state index in [0.29, 0.717) is 0 Å². The summed E-state index contributed by atoms with van der Waals surface area (Å²) in [5.41, 5.74) is 2.13. The smallest absolute Gasteiger partial charge is 0.0631 e. The third-order valence-corrected chi connectivity index (χ3v) is 2.39. The number of hydrogen-bond acceptors (Lipinski definition) is 2. The Morgan fingerprint density at radius 1 is 1.00 bits per heavy atom. The van der Waals surface area contributed by atoms with E-state index in [1.807, 2.05) is 13.0 Å². The minimum absolute atomic E-state index is 1.000. The number of aromatic nitrogens is 2. The van der Waals surface area contributed by atoms with Crippen molar-refractivity contribution in [3.05, 3.63) is 23.5 Å². The van der Waals surface area contributed by atoms with Crippen molar-refractivity contribution in [2.45, 2.75) is 52.4 Å². The van der Waals surface area contributed by atoms with Gasteiger partial charge in [0.15, 0.2) is 0 Å². The van der Waals surface area contributed by atoms with Gasteiger partial charge in [0.05, 0.1) is 11.4 Å². The third-order valence-electron chi connectivity index (χ3n) is 2.39. The molecular formula is C12H20N2. The highest BCUT2D eigenvalue weighted by molar-refractivity contribution is 5.05. The van der Waals surface area contributed by atoms with E-state index < -0.39 is 0 Å². The minimum atomic E-state index is 1.000. The predicted molar refractivity (Wildman–Crippen MR) is 59.2 cm³/mol. The van der Waals surface area contributed by atoms with E-state index in [9.17, 15) is 0 Å². The molecule has 1 aromatic rings. The van der Waals surface area contributed by atoms with E-state index in [1.165, 1.54) is 32.1 Å². The summed E-state index contributed by atoms with van der Waals surface area (Å²) in [5, 5.41) is 8.19. The average Bonchev–Trinajstić information content (AvgIpc) is 2.21. The Kier molecular flexibility index (Phi) is 5.20. The van der Waals surface area contributed by atoms with Crippen molar-refractivity contribution in [2.75, 3.05) is 0 Å². The summed E-state index contributed by atoms with van der Waals surface area (Å²) in [6.07, 6.45) is 7.68. The van der Waals surface area contributed by atoms with Gasteiger partial charge in [-0.1, -0.05) is 32.6 Å². The van der Waals surface area contributed by atoms with Crippen molar-refractivity contribution in [3.63, 3.8) is 0 Å². The molecule has 1 heterocycles. The Morgan fingerprint density at radius 3 is 2.43 bits per heavy atom. The summed E-state index contributed by atoms with van der Waals surface area (Å²) in [6.45, 7) is 4.21. The lowest BCUT2D eigenvalue weighted by atomic mass is 10.1. The molecule has 0 saturated heterocycles. The molecule has 0 unspecified atom stereocenters. The van der Waals surface area contributed by atoms with Crippen LogP contribution in [0.25, 0.3) is 0 Å². The number of aryl methyl sites for hydroxylation is 2. The fourth-order valence-corrected chi connectivity index (χ4v) is 1.47. The average molecular weight is 192 g/mol. The first-order valence-corrected chi connectivity index (χ1v) is 5.62. The summed E-state index contributed by atoms with van der Waals surface area (Å²) < 4.78 is 0. The summed E-state index contributed by atoms with van der Waals surface area (Å²) in [7, 11) is 0. The van der Waals surface area contributed by atoms with Gasteiger partial charge >= 0.3 is 0 Å². The Hall–Kier alpha value is -0.920. The lowest BCUT2D eigenvalue weighted by Gasteiger charge is -2.00. The van der Waals surface area contributed by atoms with Crippen LogP contribution in [-0.2, 0) is 6.42 Å². The van der Waals surface area contributed by atoms with Crippen LogP contribution in [0.2, 0.25) is 0 Å². The third kappa shape index (κ3) is 4.35. The van der Waals surface area contributed by atoms with Crippen LogP contribution in [-0.4, -0.2) is 10.2 Å². The fraction of sp³-hybridized carbons (Fsp3) is 0.667. The molecule has 0 aliphatic carbocycles. The maximum atomic E-state index is 4.15. The molecule has 2 heteroatoms. The quantitative estimate of drug-likeness (QED) is 0.646. The molecular weight excluding hydrogens is 172 g/mol. The molecule has 2 nitrogen and oxygen atoms in total. The highest BCUT2D eigenvalue weighted by Crippen LogP contribution is 2.06. The molecule has 78 valence electrons. The molecule has 1 aromatic heterocycles. The van der Waals surface area contributed by atoms with Crippen molar-refractivity contribution in [1.82, 2.24) is 10.2 Å². The second-order valence-electron chi connectivity index (χ2n) is 3.83. The van der Waals surface area contributed by atoms with Crippen LogP contribution in [0.5, 0.6) is 0 Å². The molecule has 0 saturated carbocycles. The van der Waals surface area contributed by atoms with Crippen LogP contribution in [0.3, 0.4) is 0 Å². The first kappa shape index (κ1) is 11.2. The first-order chi connectivity index (χ1) is 6.83. The molecule has 0 N–H and O–H groups in total. The van der Waals surface area contributed by atoms with Crippen LogP contribution in [0.15, 0.2) is 12.1 Å². The van der Waals surface area contributed by atoms with Gasteiger partial charge in [0.1, 0.15) is 0 Å². The zero-order chi connectivity index (χ0) is 10.2. The van der Waals surface area contributed by atoms with Gasteiger partial charge in [-0.3, -0.25) is 0 Å². The second kappa shape index (κ2) is 6.52. The molecule has 0 aromatic carbocycles. The lowest BCUT2D eigenvalue weighted by molar-refractivity contribution is 0.625. The number of hydrogen-bond donors (Lipinski definition) is 0. The summed E-state index contributed by atoms with van der Waals surface area (Å²) in [5.74, 6) is 0. The summed E-state index contributed by atoms with van der Waals surface area (Å²) in [4.78, 5) is 0. The number of nitrogens with zero attached hydrogens (tertiary/aromatic N) is 2. The van der Waals surface area contributed by atoms with Gasteiger partial charge < -0.3 is 0 Å². The normalized spacial score (nSPS) is 10.4. The molecule has 14 heavy (non-hydrogen) atoms. The van der Waals surface area contributed by atoms with Gasteiger partial charge in [0.2, 0.25) is 0 Å². The Morgan fingerprint density at radius 2 is 1.79 bits per heavy atom. The molecule has 0 radical (unpaired) electrons. The van der Waals surface area contributed by atoms with E-state index in [1.54, 1.807) is 0 Å². The van der Waals surface area contributed by atoms with Gasteiger partial charge in [0.25, 0.3) is 0 Å². The predicted octanol–water partition coefficient (Wildman–Crippen LogP) is 3.30. The Balaban J connectivity index is 2.15.